The van der Waals surface area contributed by atoms with Gasteiger partial charge in [-0.05, 0) is 18.2 Å². The van der Waals surface area contributed by atoms with Crippen LogP contribution in [0.1, 0.15) is 21.7 Å². The topological polar surface area (TPSA) is 49.0 Å². The maximum atomic E-state index is 12.3. The van der Waals surface area contributed by atoms with Crippen molar-refractivity contribution in [3.63, 3.8) is 0 Å². The minimum absolute atomic E-state index is 0.00569. The van der Waals surface area contributed by atoms with Gasteiger partial charge in [0.1, 0.15) is 0 Å². The minimum Gasteiger partial charge on any atom is -0.348 e. The average molecular weight is 262 g/mol. The van der Waals surface area contributed by atoms with Crippen molar-refractivity contribution in [3.8, 4) is 0 Å². The molecule has 0 radical (unpaired) electrons. The number of carbonyl (C=O) groups is 1. The molecule has 0 fully saturated rings. The zero-order valence-corrected chi connectivity index (χ0v) is 10.4. The summed E-state index contributed by atoms with van der Waals surface area (Å²) in [6, 6.07) is 7.04. The number of rotatable bonds is 1. The number of imidazole rings is 1. The molecule has 92 valence electrons. The lowest BCUT2D eigenvalue weighted by Crippen LogP contribution is -2.36. The number of benzene rings is 1. The molecular weight excluding hydrogens is 250 g/mol. The number of hydrogen-bond acceptors (Lipinski definition) is 2. The van der Waals surface area contributed by atoms with Crippen LogP contribution in [0.25, 0.3) is 0 Å². The van der Waals surface area contributed by atoms with Crippen LogP contribution < -0.4 is 0 Å². The third-order valence-corrected chi connectivity index (χ3v) is 3.37. The third-order valence-electron chi connectivity index (χ3n) is 3.14. The first-order valence-electron chi connectivity index (χ1n) is 5.80. The zero-order valence-electron chi connectivity index (χ0n) is 9.69. The van der Waals surface area contributed by atoms with Crippen molar-refractivity contribution < 1.29 is 4.79 Å². The fourth-order valence-corrected chi connectivity index (χ4v) is 2.38. The maximum Gasteiger partial charge on any atom is 0.254 e. The molecule has 2 aromatic rings. The van der Waals surface area contributed by atoms with E-state index in [1.54, 1.807) is 35.5 Å². The Kier molecular flexibility index (Phi) is 2.80. The summed E-state index contributed by atoms with van der Waals surface area (Å²) < 4.78 is 0. The van der Waals surface area contributed by atoms with Crippen LogP contribution in [0.4, 0.5) is 0 Å². The molecule has 5 heteroatoms. The Morgan fingerprint density at radius 3 is 3.17 bits per heavy atom. The van der Waals surface area contributed by atoms with Crippen LogP contribution in [0.5, 0.6) is 0 Å². The summed E-state index contributed by atoms with van der Waals surface area (Å²) in [5.74, 6) is 0.00569. The van der Waals surface area contributed by atoms with Gasteiger partial charge in [0.05, 0.1) is 18.6 Å². The van der Waals surface area contributed by atoms with E-state index in [-0.39, 0.29) is 5.91 Å². The molecule has 0 spiro atoms. The fourth-order valence-electron chi connectivity index (χ4n) is 2.19. The van der Waals surface area contributed by atoms with E-state index in [9.17, 15) is 4.79 Å². The number of amides is 1. The number of nitrogens with zero attached hydrogens (tertiary/aromatic N) is 2. The maximum absolute atomic E-state index is 12.3. The molecule has 4 nitrogen and oxygen atoms in total. The highest BCUT2D eigenvalue weighted by Gasteiger charge is 2.23. The predicted octanol–water partition coefficient (Wildman–Crippen LogP) is 2.26. The number of nitrogens with one attached hydrogen (secondary N) is 1. The Labute approximate surface area is 110 Å². The lowest BCUT2D eigenvalue weighted by molar-refractivity contribution is 0.0732. The molecule has 1 aromatic carbocycles. The molecule has 0 atom stereocenters. The lowest BCUT2D eigenvalue weighted by atomic mass is 10.1. The van der Waals surface area contributed by atoms with Gasteiger partial charge in [-0.15, -0.1) is 0 Å². The van der Waals surface area contributed by atoms with Gasteiger partial charge in [-0.2, -0.15) is 0 Å². The number of H-pyrrole nitrogens is 1. The average Bonchev–Trinajstić information content (AvgIpc) is 2.85. The predicted molar refractivity (Wildman–Crippen MR) is 68.5 cm³/mol. The number of carbonyl (C=O) groups excluding carboxylic acids is 1. The summed E-state index contributed by atoms with van der Waals surface area (Å²) in [6.45, 7) is 1.27. The summed E-state index contributed by atoms with van der Waals surface area (Å²) in [5.41, 5.74) is 2.71. The van der Waals surface area contributed by atoms with Crippen molar-refractivity contribution >= 4 is 17.5 Å². The van der Waals surface area contributed by atoms with E-state index in [1.807, 2.05) is 0 Å². The molecule has 0 saturated heterocycles. The van der Waals surface area contributed by atoms with Crippen LogP contribution >= 0.6 is 11.6 Å². The fraction of sp³-hybridized carbons (Fsp3) is 0.231. The highest BCUT2D eigenvalue weighted by Crippen LogP contribution is 2.18. The number of hydrogen-bond donors (Lipinski definition) is 1. The Bertz CT molecular complexity index is 593. The van der Waals surface area contributed by atoms with E-state index >= 15 is 0 Å². The summed E-state index contributed by atoms with van der Waals surface area (Å²) in [6.07, 6.45) is 2.50. The molecule has 1 aliphatic rings. The molecule has 0 unspecified atom stereocenters. The molecule has 1 aliphatic heterocycles. The number of aromatic amines is 1. The largest absolute Gasteiger partial charge is 0.348 e. The molecule has 1 amide bonds. The summed E-state index contributed by atoms with van der Waals surface area (Å²) in [5, 5.41) is 0.582. The standard InChI is InChI=1S/C13H12ClN3O/c14-10-3-1-2-9(6-10)13(18)17-5-4-11-12(7-17)16-8-15-11/h1-3,6,8H,4-5,7H2,(H,15,16). The lowest BCUT2D eigenvalue weighted by Gasteiger charge is -2.26. The normalized spacial score (nSPS) is 14.4. The van der Waals surface area contributed by atoms with Crippen LogP contribution in [0.3, 0.4) is 0 Å². The van der Waals surface area contributed by atoms with Gasteiger partial charge in [0.25, 0.3) is 5.91 Å². The first kappa shape index (κ1) is 11.3. The summed E-state index contributed by atoms with van der Waals surface area (Å²) in [7, 11) is 0. The SMILES string of the molecule is O=C(c1cccc(Cl)c1)N1CCc2[nH]cnc2C1. The zero-order chi connectivity index (χ0) is 12.5. The molecular formula is C13H12ClN3O. The van der Waals surface area contributed by atoms with Crippen LogP contribution in [0.15, 0.2) is 30.6 Å². The van der Waals surface area contributed by atoms with E-state index in [1.165, 1.54) is 0 Å². The first-order chi connectivity index (χ1) is 8.74. The van der Waals surface area contributed by atoms with Gasteiger partial charge in [0, 0.05) is 29.2 Å². The molecule has 3 rings (SSSR count). The molecule has 1 aromatic heterocycles. The van der Waals surface area contributed by atoms with Crippen molar-refractivity contribution in [3.05, 3.63) is 52.6 Å². The van der Waals surface area contributed by atoms with Crippen LogP contribution in [0.2, 0.25) is 5.02 Å². The molecule has 2 heterocycles. The Morgan fingerprint density at radius 2 is 2.33 bits per heavy atom. The second-order valence-electron chi connectivity index (χ2n) is 4.31. The van der Waals surface area contributed by atoms with Crippen molar-refractivity contribution in [2.24, 2.45) is 0 Å². The molecule has 0 aliphatic carbocycles. The van der Waals surface area contributed by atoms with Crippen molar-refractivity contribution in [2.45, 2.75) is 13.0 Å². The molecule has 1 N–H and O–H groups in total. The van der Waals surface area contributed by atoms with Crippen molar-refractivity contribution in [2.75, 3.05) is 6.54 Å². The molecule has 18 heavy (non-hydrogen) atoms. The van der Waals surface area contributed by atoms with Gasteiger partial charge >= 0.3 is 0 Å². The second kappa shape index (κ2) is 4.46. The van der Waals surface area contributed by atoms with Crippen molar-refractivity contribution in [1.29, 1.82) is 0 Å². The Morgan fingerprint density at radius 1 is 1.44 bits per heavy atom. The van der Waals surface area contributed by atoms with Gasteiger partial charge in [-0.1, -0.05) is 17.7 Å². The van der Waals surface area contributed by atoms with Gasteiger partial charge in [-0.25, -0.2) is 4.98 Å². The van der Waals surface area contributed by atoms with E-state index in [0.717, 1.165) is 17.8 Å². The van der Waals surface area contributed by atoms with Gasteiger partial charge in [0.2, 0.25) is 0 Å². The Balaban J connectivity index is 1.83. The number of halogens is 1. The van der Waals surface area contributed by atoms with E-state index < -0.39 is 0 Å². The van der Waals surface area contributed by atoms with E-state index in [2.05, 4.69) is 9.97 Å². The number of fused-ring (bicyclic) bond motifs is 1. The van der Waals surface area contributed by atoms with Gasteiger partial charge < -0.3 is 9.88 Å². The highest BCUT2D eigenvalue weighted by molar-refractivity contribution is 6.30. The third kappa shape index (κ3) is 1.99. The van der Waals surface area contributed by atoms with Crippen molar-refractivity contribution in [1.82, 2.24) is 14.9 Å². The van der Waals surface area contributed by atoms with E-state index in [4.69, 9.17) is 11.6 Å². The number of aromatic nitrogens is 2. The van der Waals surface area contributed by atoms with Crippen LogP contribution in [0, 0.1) is 0 Å². The summed E-state index contributed by atoms with van der Waals surface area (Å²) in [4.78, 5) is 21.4. The molecule has 0 saturated carbocycles. The highest BCUT2D eigenvalue weighted by atomic mass is 35.5. The van der Waals surface area contributed by atoms with Gasteiger partial charge in [-0.3, -0.25) is 4.79 Å². The van der Waals surface area contributed by atoms with Crippen LogP contribution in [-0.4, -0.2) is 27.3 Å². The minimum atomic E-state index is 0.00569. The quantitative estimate of drug-likeness (QED) is 0.856. The second-order valence-corrected chi connectivity index (χ2v) is 4.75. The van der Waals surface area contributed by atoms with Crippen LogP contribution in [-0.2, 0) is 13.0 Å². The summed E-state index contributed by atoms with van der Waals surface area (Å²) >= 11 is 5.90. The van der Waals surface area contributed by atoms with Gasteiger partial charge in [0.15, 0.2) is 0 Å². The van der Waals surface area contributed by atoms with E-state index in [0.29, 0.717) is 23.7 Å². The molecule has 0 bridgehead atoms. The Hall–Kier alpha value is -1.81. The smallest absolute Gasteiger partial charge is 0.254 e. The monoisotopic (exact) mass is 261 g/mol. The first-order valence-corrected chi connectivity index (χ1v) is 6.18.